The summed E-state index contributed by atoms with van der Waals surface area (Å²) < 4.78 is 52.9. The fourth-order valence-corrected chi connectivity index (χ4v) is 3.99. The SMILES string of the molecule is COc1ccc(F)cc1S(=O)(=O)Nc1cnn(CC2CCOCC2)c1. The van der Waals surface area contributed by atoms with Crippen LogP contribution in [0.5, 0.6) is 5.75 Å². The summed E-state index contributed by atoms with van der Waals surface area (Å²) in [6, 6.07) is 3.34. The second kappa shape index (κ2) is 7.40. The molecule has 0 aliphatic carbocycles. The molecule has 1 aromatic carbocycles. The molecule has 0 saturated carbocycles. The van der Waals surface area contributed by atoms with Crippen molar-refractivity contribution in [2.24, 2.45) is 5.92 Å². The number of sulfonamides is 1. The Labute approximate surface area is 145 Å². The first-order chi connectivity index (χ1) is 12.0. The molecule has 1 N–H and O–H groups in total. The molecule has 1 aromatic heterocycles. The lowest BCUT2D eigenvalue weighted by molar-refractivity contribution is 0.0601. The van der Waals surface area contributed by atoms with E-state index < -0.39 is 15.8 Å². The second-order valence-electron chi connectivity index (χ2n) is 5.91. The van der Waals surface area contributed by atoms with E-state index in [1.807, 2.05) is 0 Å². The van der Waals surface area contributed by atoms with Gasteiger partial charge in [0.05, 0.1) is 19.0 Å². The van der Waals surface area contributed by atoms with E-state index in [0.29, 0.717) is 18.2 Å². The quantitative estimate of drug-likeness (QED) is 0.845. The molecule has 2 aromatic rings. The number of hydrogen-bond donors (Lipinski definition) is 1. The lowest BCUT2D eigenvalue weighted by atomic mass is 10.0. The van der Waals surface area contributed by atoms with Crippen molar-refractivity contribution in [2.45, 2.75) is 24.3 Å². The molecule has 1 aliphatic heterocycles. The van der Waals surface area contributed by atoms with Crippen molar-refractivity contribution in [1.82, 2.24) is 9.78 Å². The lowest BCUT2D eigenvalue weighted by Crippen LogP contribution is -2.20. The topological polar surface area (TPSA) is 82.5 Å². The van der Waals surface area contributed by atoms with E-state index >= 15 is 0 Å². The molecule has 9 heteroatoms. The van der Waals surface area contributed by atoms with Crippen molar-refractivity contribution in [1.29, 1.82) is 0 Å². The van der Waals surface area contributed by atoms with E-state index in [9.17, 15) is 12.8 Å². The number of ether oxygens (including phenoxy) is 2. The highest BCUT2D eigenvalue weighted by atomic mass is 32.2. The van der Waals surface area contributed by atoms with Crippen molar-refractivity contribution in [3.8, 4) is 5.75 Å². The van der Waals surface area contributed by atoms with Gasteiger partial charge in [0, 0.05) is 26.0 Å². The average Bonchev–Trinajstić information content (AvgIpc) is 3.02. The molecular weight excluding hydrogens is 349 g/mol. The number of nitrogens with zero attached hydrogens (tertiary/aromatic N) is 2. The predicted molar refractivity (Wildman–Crippen MR) is 89.5 cm³/mol. The zero-order valence-corrected chi connectivity index (χ0v) is 14.6. The molecule has 1 fully saturated rings. The molecule has 0 radical (unpaired) electrons. The molecule has 3 rings (SSSR count). The van der Waals surface area contributed by atoms with Crippen LogP contribution in [-0.4, -0.2) is 38.5 Å². The summed E-state index contributed by atoms with van der Waals surface area (Å²) in [5.41, 5.74) is 0.318. The highest BCUT2D eigenvalue weighted by Gasteiger charge is 2.22. The molecule has 2 heterocycles. The molecule has 1 saturated heterocycles. The van der Waals surface area contributed by atoms with Gasteiger partial charge in [-0.3, -0.25) is 9.40 Å². The van der Waals surface area contributed by atoms with E-state index in [2.05, 4.69) is 9.82 Å². The molecule has 0 bridgehead atoms. The normalized spacial score (nSPS) is 15.9. The smallest absolute Gasteiger partial charge is 0.265 e. The van der Waals surface area contributed by atoms with Crippen LogP contribution in [0.15, 0.2) is 35.5 Å². The number of halogens is 1. The summed E-state index contributed by atoms with van der Waals surface area (Å²) >= 11 is 0. The first kappa shape index (κ1) is 17.7. The highest BCUT2D eigenvalue weighted by Crippen LogP contribution is 2.26. The van der Waals surface area contributed by atoms with Crippen molar-refractivity contribution >= 4 is 15.7 Å². The van der Waals surface area contributed by atoms with Crippen LogP contribution < -0.4 is 9.46 Å². The van der Waals surface area contributed by atoms with Crippen LogP contribution in [0.3, 0.4) is 0 Å². The van der Waals surface area contributed by atoms with Gasteiger partial charge in [-0.15, -0.1) is 0 Å². The minimum atomic E-state index is -3.99. The Balaban J connectivity index is 1.74. The molecule has 7 nitrogen and oxygen atoms in total. The second-order valence-corrected chi connectivity index (χ2v) is 7.56. The largest absolute Gasteiger partial charge is 0.495 e. The van der Waals surface area contributed by atoms with Crippen molar-refractivity contribution in [3.05, 3.63) is 36.4 Å². The van der Waals surface area contributed by atoms with Crippen molar-refractivity contribution < 1.29 is 22.3 Å². The molecular formula is C16H20FN3O4S. The third-order valence-corrected chi connectivity index (χ3v) is 5.49. The maximum absolute atomic E-state index is 13.4. The number of nitrogens with one attached hydrogen (secondary N) is 1. The van der Waals surface area contributed by atoms with E-state index in [1.54, 1.807) is 10.9 Å². The minimum absolute atomic E-state index is 0.0727. The zero-order valence-electron chi connectivity index (χ0n) is 13.8. The van der Waals surface area contributed by atoms with Gasteiger partial charge in [0.2, 0.25) is 0 Å². The molecule has 0 atom stereocenters. The first-order valence-electron chi connectivity index (χ1n) is 7.94. The van der Waals surface area contributed by atoms with Crippen LogP contribution in [0.4, 0.5) is 10.1 Å². The van der Waals surface area contributed by atoms with E-state index in [1.165, 1.54) is 19.4 Å². The van der Waals surface area contributed by atoms with Crippen LogP contribution in [0.2, 0.25) is 0 Å². The van der Waals surface area contributed by atoms with Crippen LogP contribution in [-0.2, 0) is 21.3 Å². The van der Waals surface area contributed by atoms with Gasteiger partial charge >= 0.3 is 0 Å². The third kappa shape index (κ3) is 4.29. The number of benzene rings is 1. The van der Waals surface area contributed by atoms with Gasteiger partial charge in [0.25, 0.3) is 10.0 Å². The Morgan fingerprint density at radius 2 is 2.16 bits per heavy atom. The zero-order chi connectivity index (χ0) is 17.9. The summed E-state index contributed by atoms with van der Waals surface area (Å²) in [5, 5.41) is 4.19. The molecule has 1 aliphatic rings. The first-order valence-corrected chi connectivity index (χ1v) is 9.43. The Morgan fingerprint density at radius 3 is 2.88 bits per heavy atom. The molecule has 0 unspecified atom stereocenters. The number of methoxy groups -OCH3 is 1. The molecule has 0 spiro atoms. The van der Waals surface area contributed by atoms with E-state index in [-0.39, 0.29) is 10.6 Å². The van der Waals surface area contributed by atoms with Crippen LogP contribution >= 0.6 is 0 Å². The Morgan fingerprint density at radius 1 is 1.40 bits per heavy atom. The fraction of sp³-hybridized carbons (Fsp3) is 0.438. The number of aromatic nitrogens is 2. The summed E-state index contributed by atoms with van der Waals surface area (Å²) in [6.07, 6.45) is 4.98. The van der Waals surface area contributed by atoms with E-state index in [0.717, 1.165) is 38.2 Å². The monoisotopic (exact) mass is 369 g/mol. The maximum Gasteiger partial charge on any atom is 0.265 e. The van der Waals surface area contributed by atoms with Crippen LogP contribution in [0, 0.1) is 11.7 Å². The van der Waals surface area contributed by atoms with Gasteiger partial charge < -0.3 is 9.47 Å². The molecule has 0 amide bonds. The Kier molecular flexibility index (Phi) is 5.24. The number of anilines is 1. The molecule has 25 heavy (non-hydrogen) atoms. The van der Waals surface area contributed by atoms with Gasteiger partial charge in [0.1, 0.15) is 16.5 Å². The summed E-state index contributed by atoms with van der Waals surface area (Å²) in [5.74, 6) is -0.124. The minimum Gasteiger partial charge on any atom is -0.495 e. The Bertz CT molecular complexity index is 832. The van der Waals surface area contributed by atoms with Crippen molar-refractivity contribution in [2.75, 3.05) is 25.0 Å². The number of hydrogen-bond acceptors (Lipinski definition) is 5. The highest BCUT2D eigenvalue weighted by molar-refractivity contribution is 7.92. The van der Waals surface area contributed by atoms with E-state index in [4.69, 9.17) is 9.47 Å². The van der Waals surface area contributed by atoms with Gasteiger partial charge in [-0.05, 0) is 37.0 Å². The number of rotatable bonds is 6. The summed E-state index contributed by atoms with van der Waals surface area (Å²) in [4.78, 5) is -0.257. The fourth-order valence-electron chi connectivity index (χ4n) is 2.78. The standard InChI is InChI=1S/C16H20FN3O4S/c1-23-15-3-2-13(17)8-16(15)25(21,22)19-14-9-18-20(11-14)10-12-4-6-24-7-5-12/h2-3,8-9,11-12,19H,4-7,10H2,1H3. The van der Waals surface area contributed by atoms with Crippen LogP contribution in [0.25, 0.3) is 0 Å². The van der Waals surface area contributed by atoms with Gasteiger partial charge in [0.15, 0.2) is 0 Å². The Hall–Kier alpha value is -2.13. The average molecular weight is 369 g/mol. The van der Waals surface area contributed by atoms with Gasteiger partial charge in [-0.1, -0.05) is 0 Å². The van der Waals surface area contributed by atoms with Crippen molar-refractivity contribution in [3.63, 3.8) is 0 Å². The molecule has 136 valence electrons. The van der Waals surface area contributed by atoms with Crippen LogP contribution in [0.1, 0.15) is 12.8 Å². The van der Waals surface area contributed by atoms with Gasteiger partial charge in [-0.2, -0.15) is 5.10 Å². The lowest BCUT2D eigenvalue weighted by Gasteiger charge is -2.21. The maximum atomic E-state index is 13.4. The predicted octanol–water partition coefficient (Wildman–Crippen LogP) is 2.26. The summed E-state index contributed by atoms with van der Waals surface area (Å²) in [6.45, 7) is 2.18. The summed E-state index contributed by atoms with van der Waals surface area (Å²) in [7, 11) is -2.66. The third-order valence-electron chi connectivity index (χ3n) is 4.09. The van der Waals surface area contributed by atoms with Gasteiger partial charge in [-0.25, -0.2) is 12.8 Å².